The number of amides is 2. The number of nitrogens with zero attached hydrogens (tertiary/aromatic N) is 4. The number of piperazine rings is 1. The molecule has 1 saturated heterocycles. The number of hydrogen-bond acceptors (Lipinski definition) is 6. The summed E-state index contributed by atoms with van der Waals surface area (Å²) in [5, 5.41) is 4.58. The van der Waals surface area contributed by atoms with Gasteiger partial charge < -0.3 is 9.80 Å². The molecule has 20 heavy (non-hydrogen) atoms. The second kappa shape index (κ2) is 5.68. The van der Waals surface area contributed by atoms with E-state index in [0.29, 0.717) is 36.2 Å². The Hall–Kier alpha value is -1.80. The maximum atomic E-state index is 12.1. The fraction of sp³-hybridized carbons (Fsp3) is 0.333. The maximum Gasteiger partial charge on any atom is 0.282 e. The molecule has 3 heterocycles. The van der Waals surface area contributed by atoms with Crippen LogP contribution >= 0.6 is 22.7 Å². The van der Waals surface area contributed by atoms with Crippen molar-refractivity contribution in [3.05, 3.63) is 33.2 Å². The van der Waals surface area contributed by atoms with E-state index in [1.165, 1.54) is 22.7 Å². The van der Waals surface area contributed by atoms with Crippen LogP contribution in [0.25, 0.3) is 0 Å². The smallest absolute Gasteiger partial charge is 0.282 e. The van der Waals surface area contributed by atoms with Gasteiger partial charge in [0.25, 0.3) is 11.8 Å². The molecule has 0 spiro atoms. The minimum atomic E-state index is -0.0543. The molecule has 0 atom stereocenters. The molecule has 0 aromatic carbocycles. The van der Waals surface area contributed by atoms with Crippen LogP contribution in [0.2, 0.25) is 0 Å². The van der Waals surface area contributed by atoms with Crippen LogP contribution in [0.3, 0.4) is 0 Å². The highest BCUT2D eigenvalue weighted by Gasteiger charge is 2.27. The summed E-state index contributed by atoms with van der Waals surface area (Å²) in [5.41, 5.74) is 0. The number of carbonyl (C=O) groups excluding carboxylic acids is 2. The summed E-state index contributed by atoms with van der Waals surface area (Å²) in [6.45, 7) is 2.15. The Kier molecular flexibility index (Phi) is 3.75. The Morgan fingerprint density at radius 2 is 1.25 bits per heavy atom. The van der Waals surface area contributed by atoms with Gasteiger partial charge in [-0.25, -0.2) is 9.97 Å². The van der Waals surface area contributed by atoms with Crippen molar-refractivity contribution in [2.75, 3.05) is 26.2 Å². The molecule has 1 aliphatic heterocycles. The molecule has 1 aliphatic rings. The highest BCUT2D eigenvalue weighted by molar-refractivity contribution is 7.11. The maximum absolute atomic E-state index is 12.1. The minimum Gasteiger partial charge on any atom is -0.333 e. The van der Waals surface area contributed by atoms with Gasteiger partial charge in [-0.05, 0) is 0 Å². The first kappa shape index (κ1) is 13.2. The largest absolute Gasteiger partial charge is 0.333 e. The summed E-state index contributed by atoms with van der Waals surface area (Å²) >= 11 is 2.68. The van der Waals surface area contributed by atoms with E-state index in [1.54, 1.807) is 33.0 Å². The summed E-state index contributed by atoms with van der Waals surface area (Å²) in [7, 11) is 0. The van der Waals surface area contributed by atoms with Crippen LogP contribution in [0.1, 0.15) is 19.6 Å². The Morgan fingerprint density at radius 1 is 0.850 bits per heavy atom. The summed E-state index contributed by atoms with van der Waals surface area (Å²) in [5.74, 6) is -0.109. The third-order valence-corrected chi connectivity index (χ3v) is 4.61. The molecule has 3 rings (SSSR count). The molecule has 2 aromatic rings. The van der Waals surface area contributed by atoms with E-state index in [1.807, 2.05) is 0 Å². The van der Waals surface area contributed by atoms with E-state index < -0.39 is 0 Å². The van der Waals surface area contributed by atoms with Gasteiger partial charge in [0, 0.05) is 49.3 Å². The fourth-order valence-electron chi connectivity index (χ4n) is 2.04. The van der Waals surface area contributed by atoms with Crippen LogP contribution in [0.4, 0.5) is 0 Å². The SMILES string of the molecule is O=C(c1nccs1)N1CCN(C(=O)c2nccs2)CC1. The predicted octanol–water partition coefficient (Wildman–Crippen LogP) is 1.20. The predicted molar refractivity (Wildman–Crippen MR) is 76.0 cm³/mol. The van der Waals surface area contributed by atoms with Crippen LogP contribution < -0.4 is 0 Å². The zero-order valence-electron chi connectivity index (χ0n) is 10.6. The number of rotatable bonds is 2. The van der Waals surface area contributed by atoms with Crippen molar-refractivity contribution in [1.29, 1.82) is 0 Å². The van der Waals surface area contributed by atoms with Gasteiger partial charge in [-0.3, -0.25) is 9.59 Å². The van der Waals surface area contributed by atoms with E-state index in [2.05, 4.69) is 9.97 Å². The van der Waals surface area contributed by atoms with E-state index >= 15 is 0 Å². The van der Waals surface area contributed by atoms with Crippen molar-refractivity contribution in [3.63, 3.8) is 0 Å². The highest BCUT2D eigenvalue weighted by Crippen LogP contribution is 2.14. The van der Waals surface area contributed by atoms with Gasteiger partial charge in [-0.1, -0.05) is 0 Å². The molecule has 0 saturated carbocycles. The van der Waals surface area contributed by atoms with Gasteiger partial charge in [0.05, 0.1) is 0 Å². The Bertz CT molecular complexity index is 535. The number of hydrogen-bond donors (Lipinski definition) is 0. The van der Waals surface area contributed by atoms with Crippen LogP contribution in [-0.4, -0.2) is 57.8 Å². The van der Waals surface area contributed by atoms with Crippen LogP contribution in [0, 0.1) is 0 Å². The van der Waals surface area contributed by atoms with Gasteiger partial charge >= 0.3 is 0 Å². The van der Waals surface area contributed by atoms with Crippen LogP contribution in [0.15, 0.2) is 23.2 Å². The number of carbonyl (C=O) groups is 2. The molecule has 0 bridgehead atoms. The normalized spacial score (nSPS) is 15.4. The molecule has 104 valence electrons. The lowest BCUT2D eigenvalue weighted by Gasteiger charge is -2.33. The van der Waals surface area contributed by atoms with Gasteiger partial charge in [0.2, 0.25) is 0 Å². The quantitative estimate of drug-likeness (QED) is 0.836. The van der Waals surface area contributed by atoms with E-state index in [0.717, 1.165) is 0 Å². The molecule has 8 heteroatoms. The molecule has 2 aromatic heterocycles. The first-order valence-electron chi connectivity index (χ1n) is 6.13. The molecule has 6 nitrogen and oxygen atoms in total. The third-order valence-electron chi connectivity index (χ3n) is 3.08. The van der Waals surface area contributed by atoms with Crippen molar-refractivity contribution in [3.8, 4) is 0 Å². The Balaban J connectivity index is 1.60. The standard InChI is InChI=1S/C12H12N4O2S2/c17-11(9-13-1-7-19-9)15-3-5-16(6-4-15)12(18)10-14-2-8-20-10/h1-2,7-8H,3-6H2. The molecule has 1 fully saturated rings. The average molecular weight is 308 g/mol. The Morgan fingerprint density at radius 3 is 1.55 bits per heavy atom. The second-order valence-corrected chi connectivity index (χ2v) is 6.05. The molecular weight excluding hydrogens is 296 g/mol. The molecule has 0 radical (unpaired) electrons. The van der Waals surface area contributed by atoms with Crippen LogP contribution in [0.5, 0.6) is 0 Å². The topological polar surface area (TPSA) is 66.4 Å². The third kappa shape index (κ3) is 2.56. The zero-order valence-corrected chi connectivity index (χ0v) is 12.2. The molecule has 2 amide bonds. The van der Waals surface area contributed by atoms with E-state index in [-0.39, 0.29) is 11.8 Å². The summed E-state index contributed by atoms with van der Waals surface area (Å²) in [4.78, 5) is 35.8. The first-order valence-corrected chi connectivity index (χ1v) is 7.89. The summed E-state index contributed by atoms with van der Waals surface area (Å²) < 4.78 is 0. The molecule has 0 N–H and O–H groups in total. The number of aromatic nitrogens is 2. The molecule has 0 unspecified atom stereocenters. The van der Waals surface area contributed by atoms with Crippen molar-refractivity contribution >= 4 is 34.5 Å². The lowest BCUT2D eigenvalue weighted by molar-refractivity contribution is 0.0535. The summed E-state index contributed by atoms with van der Waals surface area (Å²) in [6, 6.07) is 0. The lowest BCUT2D eigenvalue weighted by atomic mass is 10.3. The number of thiazole rings is 2. The van der Waals surface area contributed by atoms with Gasteiger partial charge in [-0.15, -0.1) is 22.7 Å². The minimum absolute atomic E-state index is 0.0543. The van der Waals surface area contributed by atoms with Crippen molar-refractivity contribution in [1.82, 2.24) is 19.8 Å². The van der Waals surface area contributed by atoms with E-state index in [4.69, 9.17) is 0 Å². The summed E-state index contributed by atoms with van der Waals surface area (Å²) in [6.07, 6.45) is 3.25. The zero-order chi connectivity index (χ0) is 13.9. The Labute approximate surface area is 123 Å². The lowest BCUT2D eigenvalue weighted by Crippen LogP contribution is -2.50. The van der Waals surface area contributed by atoms with Gasteiger partial charge in [0.1, 0.15) is 0 Å². The van der Waals surface area contributed by atoms with Crippen molar-refractivity contribution in [2.45, 2.75) is 0 Å². The molecular formula is C12H12N4O2S2. The van der Waals surface area contributed by atoms with E-state index in [9.17, 15) is 9.59 Å². The fourth-order valence-corrected chi connectivity index (χ4v) is 3.25. The second-order valence-electron chi connectivity index (χ2n) is 4.26. The average Bonchev–Trinajstić information content (AvgIpc) is 3.18. The molecule has 0 aliphatic carbocycles. The monoisotopic (exact) mass is 308 g/mol. The van der Waals surface area contributed by atoms with Gasteiger partial charge in [0.15, 0.2) is 10.0 Å². The first-order chi connectivity index (χ1) is 9.75. The highest BCUT2D eigenvalue weighted by atomic mass is 32.1. The van der Waals surface area contributed by atoms with Gasteiger partial charge in [-0.2, -0.15) is 0 Å². The van der Waals surface area contributed by atoms with Crippen LogP contribution in [-0.2, 0) is 0 Å². The van der Waals surface area contributed by atoms with Crippen molar-refractivity contribution < 1.29 is 9.59 Å². The van der Waals surface area contributed by atoms with Crippen molar-refractivity contribution in [2.24, 2.45) is 0 Å².